The molecule has 2 aromatic carbocycles. The minimum Gasteiger partial charge on any atom is -0.488 e. The Kier molecular flexibility index (Phi) is 4.18. The molecule has 2 nitrogen and oxygen atoms in total. The topological polar surface area (TPSA) is 29.5 Å². The molecular weight excluding hydrogens is 255 g/mol. The summed E-state index contributed by atoms with van der Waals surface area (Å²) in [6.45, 7) is 0.00786. The van der Waals surface area contributed by atoms with Gasteiger partial charge in [0.15, 0.2) is 0 Å². The average Bonchev–Trinajstić information content (AvgIpc) is 2.39. The lowest BCUT2D eigenvalue weighted by atomic mass is 10.2. The number of rotatable bonds is 4. The van der Waals surface area contributed by atoms with Gasteiger partial charge in [-0.3, -0.25) is 0 Å². The summed E-state index contributed by atoms with van der Waals surface area (Å²) < 4.78 is 18.5. The summed E-state index contributed by atoms with van der Waals surface area (Å²) in [5.74, 6) is 0.0583. The SMILES string of the molecule is OCc1cc(F)ccc1OCc1ccccc1Cl. The fourth-order valence-corrected chi connectivity index (χ4v) is 1.77. The van der Waals surface area contributed by atoms with Crippen LogP contribution in [0.25, 0.3) is 0 Å². The number of hydrogen-bond donors (Lipinski definition) is 1. The second-order valence-electron chi connectivity index (χ2n) is 3.79. The molecule has 0 aliphatic heterocycles. The molecular formula is C14H12ClFO2. The van der Waals surface area contributed by atoms with Gasteiger partial charge in [0, 0.05) is 16.1 Å². The summed E-state index contributed by atoms with van der Waals surface area (Å²) in [5, 5.41) is 9.74. The maximum atomic E-state index is 13.0. The molecule has 0 aliphatic carbocycles. The fourth-order valence-electron chi connectivity index (χ4n) is 1.58. The Balaban J connectivity index is 2.13. The maximum Gasteiger partial charge on any atom is 0.125 e. The van der Waals surface area contributed by atoms with Crippen LogP contribution in [-0.2, 0) is 13.2 Å². The zero-order valence-corrected chi connectivity index (χ0v) is 10.3. The number of benzene rings is 2. The molecule has 4 heteroatoms. The molecule has 0 spiro atoms. The van der Waals surface area contributed by atoms with E-state index in [0.29, 0.717) is 16.3 Å². The molecule has 0 saturated heterocycles. The van der Waals surface area contributed by atoms with Crippen LogP contribution in [0.2, 0.25) is 5.02 Å². The van der Waals surface area contributed by atoms with Gasteiger partial charge in [-0.2, -0.15) is 0 Å². The van der Waals surface area contributed by atoms with E-state index in [1.54, 1.807) is 6.07 Å². The van der Waals surface area contributed by atoms with Gasteiger partial charge in [-0.1, -0.05) is 29.8 Å². The molecule has 0 fully saturated rings. The Hall–Kier alpha value is -1.58. The van der Waals surface area contributed by atoms with E-state index in [2.05, 4.69) is 0 Å². The molecule has 0 heterocycles. The first-order valence-electron chi connectivity index (χ1n) is 5.46. The number of ether oxygens (including phenoxy) is 1. The lowest BCUT2D eigenvalue weighted by Crippen LogP contribution is -1.99. The minimum atomic E-state index is -0.399. The molecule has 2 aromatic rings. The summed E-state index contributed by atoms with van der Waals surface area (Å²) >= 11 is 6.00. The van der Waals surface area contributed by atoms with Gasteiger partial charge >= 0.3 is 0 Å². The molecule has 0 saturated carbocycles. The Bertz CT molecular complexity index is 543. The van der Waals surface area contributed by atoms with Crippen LogP contribution in [-0.4, -0.2) is 5.11 Å². The zero-order valence-electron chi connectivity index (χ0n) is 9.57. The minimum absolute atomic E-state index is 0.268. The highest BCUT2D eigenvalue weighted by atomic mass is 35.5. The summed E-state index contributed by atoms with van der Waals surface area (Å²) in [5.41, 5.74) is 1.26. The lowest BCUT2D eigenvalue weighted by Gasteiger charge is -2.11. The highest BCUT2D eigenvalue weighted by Crippen LogP contribution is 2.22. The Morgan fingerprint density at radius 1 is 1.11 bits per heavy atom. The Labute approximate surface area is 110 Å². The second kappa shape index (κ2) is 5.85. The monoisotopic (exact) mass is 266 g/mol. The predicted octanol–water partition coefficient (Wildman–Crippen LogP) is 3.55. The molecule has 0 atom stereocenters. The number of hydrogen-bond acceptors (Lipinski definition) is 2. The van der Waals surface area contributed by atoms with E-state index in [-0.39, 0.29) is 13.2 Å². The molecule has 0 aromatic heterocycles. The molecule has 18 heavy (non-hydrogen) atoms. The molecule has 0 radical (unpaired) electrons. The van der Waals surface area contributed by atoms with Crippen molar-refractivity contribution >= 4 is 11.6 Å². The van der Waals surface area contributed by atoms with E-state index in [4.69, 9.17) is 21.4 Å². The van der Waals surface area contributed by atoms with Crippen molar-refractivity contribution in [3.8, 4) is 5.75 Å². The van der Waals surface area contributed by atoms with Crippen LogP contribution < -0.4 is 4.74 Å². The van der Waals surface area contributed by atoms with Gasteiger partial charge < -0.3 is 9.84 Å². The third kappa shape index (κ3) is 3.00. The normalized spacial score (nSPS) is 10.4. The number of aliphatic hydroxyl groups is 1. The Morgan fingerprint density at radius 2 is 1.89 bits per heavy atom. The number of halogens is 2. The van der Waals surface area contributed by atoms with E-state index in [1.165, 1.54) is 18.2 Å². The predicted molar refractivity (Wildman–Crippen MR) is 68.1 cm³/mol. The number of aliphatic hydroxyl groups excluding tert-OH is 1. The van der Waals surface area contributed by atoms with Gasteiger partial charge in [0.05, 0.1) is 6.61 Å². The van der Waals surface area contributed by atoms with Gasteiger partial charge in [0.25, 0.3) is 0 Å². The van der Waals surface area contributed by atoms with E-state index >= 15 is 0 Å². The maximum absolute atomic E-state index is 13.0. The second-order valence-corrected chi connectivity index (χ2v) is 4.20. The van der Waals surface area contributed by atoms with Crippen LogP contribution in [0.4, 0.5) is 4.39 Å². The van der Waals surface area contributed by atoms with Crippen LogP contribution in [0.15, 0.2) is 42.5 Å². The van der Waals surface area contributed by atoms with Gasteiger partial charge in [-0.05, 0) is 24.3 Å². The molecule has 94 valence electrons. The summed E-state index contributed by atoms with van der Waals surface area (Å²) in [6, 6.07) is 11.4. The van der Waals surface area contributed by atoms with Crippen molar-refractivity contribution in [1.29, 1.82) is 0 Å². The van der Waals surface area contributed by atoms with E-state index in [1.807, 2.05) is 18.2 Å². The van der Waals surface area contributed by atoms with Gasteiger partial charge in [0.1, 0.15) is 18.2 Å². The quantitative estimate of drug-likeness (QED) is 0.917. The molecule has 0 amide bonds. The lowest BCUT2D eigenvalue weighted by molar-refractivity contribution is 0.258. The van der Waals surface area contributed by atoms with Gasteiger partial charge in [-0.15, -0.1) is 0 Å². The first-order valence-corrected chi connectivity index (χ1v) is 5.84. The van der Waals surface area contributed by atoms with Crippen LogP contribution in [0.3, 0.4) is 0 Å². The third-order valence-corrected chi connectivity index (χ3v) is 2.90. The van der Waals surface area contributed by atoms with Gasteiger partial charge in [-0.25, -0.2) is 4.39 Å². The highest BCUT2D eigenvalue weighted by molar-refractivity contribution is 6.31. The van der Waals surface area contributed by atoms with E-state index in [0.717, 1.165) is 5.56 Å². The highest BCUT2D eigenvalue weighted by Gasteiger charge is 2.06. The van der Waals surface area contributed by atoms with Crippen molar-refractivity contribution in [3.05, 3.63) is 64.4 Å². The van der Waals surface area contributed by atoms with Crippen molar-refractivity contribution in [2.24, 2.45) is 0 Å². The van der Waals surface area contributed by atoms with Crippen molar-refractivity contribution in [1.82, 2.24) is 0 Å². The Morgan fingerprint density at radius 3 is 2.61 bits per heavy atom. The first kappa shape index (κ1) is 12.9. The molecule has 1 N–H and O–H groups in total. The van der Waals surface area contributed by atoms with Crippen LogP contribution in [0.1, 0.15) is 11.1 Å². The van der Waals surface area contributed by atoms with Gasteiger partial charge in [0.2, 0.25) is 0 Å². The molecule has 0 aliphatic rings. The molecule has 0 bridgehead atoms. The average molecular weight is 267 g/mol. The summed E-state index contributed by atoms with van der Waals surface area (Å²) in [6.07, 6.45) is 0. The van der Waals surface area contributed by atoms with Crippen molar-refractivity contribution in [2.45, 2.75) is 13.2 Å². The summed E-state index contributed by atoms with van der Waals surface area (Å²) in [7, 11) is 0. The molecule has 2 rings (SSSR count). The van der Waals surface area contributed by atoms with E-state index < -0.39 is 5.82 Å². The molecule has 0 unspecified atom stereocenters. The first-order chi connectivity index (χ1) is 8.70. The third-order valence-electron chi connectivity index (χ3n) is 2.53. The standard InChI is InChI=1S/C14H12ClFO2/c15-13-4-2-1-3-10(13)9-18-14-6-5-12(16)7-11(14)8-17/h1-7,17H,8-9H2. The summed E-state index contributed by atoms with van der Waals surface area (Å²) in [4.78, 5) is 0. The zero-order chi connectivity index (χ0) is 13.0. The largest absolute Gasteiger partial charge is 0.488 e. The van der Waals surface area contributed by atoms with Crippen LogP contribution >= 0.6 is 11.6 Å². The van der Waals surface area contributed by atoms with Crippen molar-refractivity contribution in [2.75, 3.05) is 0 Å². The van der Waals surface area contributed by atoms with Crippen LogP contribution in [0.5, 0.6) is 5.75 Å². The van der Waals surface area contributed by atoms with Crippen LogP contribution in [0, 0.1) is 5.82 Å². The van der Waals surface area contributed by atoms with Crippen molar-refractivity contribution < 1.29 is 14.2 Å². The van der Waals surface area contributed by atoms with Crippen molar-refractivity contribution in [3.63, 3.8) is 0 Å². The fraction of sp³-hybridized carbons (Fsp3) is 0.143. The smallest absolute Gasteiger partial charge is 0.125 e. The van der Waals surface area contributed by atoms with E-state index in [9.17, 15) is 4.39 Å².